The summed E-state index contributed by atoms with van der Waals surface area (Å²) in [6.07, 6.45) is 0. The van der Waals surface area contributed by atoms with E-state index in [0.717, 1.165) is 22.3 Å². The first-order chi connectivity index (χ1) is 8.65. The van der Waals surface area contributed by atoms with Crippen molar-refractivity contribution in [3.05, 3.63) is 53.1 Å². The smallest absolute Gasteiger partial charge is 0.338 e. The molecule has 0 fully saturated rings. The van der Waals surface area contributed by atoms with Crippen LogP contribution in [0.2, 0.25) is 0 Å². The number of benzene rings is 2. The Morgan fingerprint density at radius 1 is 1.11 bits per heavy atom. The van der Waals surface area contributed by atoms with Crippen LogP contribution in [0.25, 0.3) is 11.1 Å². The number of aryl methyl sites for hydroxylation is 1. The predicted molar refractivity (Wildman–Crippen MR) is 67.4 cm³/mol. The van der Waals surface area contributed by atoms with E-state index in [2.05, 4.69) is 0 Å². The number of phenols is 1. The topological polar surface area (TPSA) is 46.5 Å². The van der Waals surface area contributed by atoms with Crippen LogP contribution in [0, 0.1) is 6.92 Å². The molecule has 1 heterocycles. The van der Waals surface area contributed by atoms with E-state index in [1.807, 2.05) is 25.1 Å². The fourth-order valence-electron chi connectivity index (χ4n) is 2.27. The van der Waals surface area contributed by atoms with Crippen molar-refractivity contribution in [1.82, 2.24) is 0 Å². The van der Waals surface area contributed by atoms with E-state index in [4.69, 9.17) is 4.74 Å². The van der Waals surface area contributed by atoms with Crippen LogP contribution in [0.1, 0.15) is 21.5 Å². The zero-order valence-corrected chi connectivity index (χ0v) is 9.93. The maximum Gasteiger partial charge on any atom is 0.338 e. The van der Waals surface area contributed by atoms with Gasteiger partial charge in [0.25, 0.3) is 0 Å². The van der Waals surface area contributed by atoms with Gasteiger partial charge in [-0.2, -0.15) is 0 Å². The Morgan fingerprint density at radius 2 is 1.89 bits per heavy atom. The number of fused-ring (bicyclic) bond motifs is 1. The lowest BCUT2D eigenvalue weighted by atomic mass is 9.97. The van der Waals surface area contributed by atoms with Gasteiger partial charge in [-0.05, 0) is 47.9 Å². The van der Waals surface area contributed by atoms with Crippen molar-refractivity contribution in [2.75, 3.05) is 0 Å². The van der Waals surface area contributed by atoms with Crippen LogP contribution in [0.4, 0.5) is 0 Å². The van der Waals surface area contributed by atoms with E-state index in [9.17, 15) is 9.90 Å². The summed E-state index contributed by atoms with van der Waals surface area (Å²) in [4.78, 5) is 11.4. The van der Waals surface area contributed by atoms with Crippen molar-refractivity contribution in [2.24, 2.45) is 0 Å². The summed E-state index contributed by atoms with van der Waals surface area (Å²) in [7, 11) is 0. The molecule has 0 spiro atoms. The van der Waals surface area contributed by atoms with Crippen LogP contribution in [-0.4, -0.2) is 11.1 Å². The minimum Gasteiger partial charge on any atom is -0.508 e. The zero-order chi connectivity index (χ0) is 12.7. The van der Waals surface area contributed by atoms with Gasteiger partial charge in [0.05, 0.1) is 5.56 Å². The third kappa shape index (κ3) is 1.64. The van der Waals surface area contributed by atoms with Gasteiger partial charge in [0.2, 0.25) is 0 Å². The summed E-state index contributed by atoms with van der Waals surface area (Å²) in [5.41, 5.74) is 4.65. The van der Waals surface area contributed by atoms with Gasteiger partial charge in [-0.3, -0.25) is 0 Å². The van der Waals surface area contributed by atoms with Gasteiger partial charge in [0.1, 0.15) is 12.4 Å². The first-order valence-electron chi connectivity index (χ1n) is 5.75. The average Bonchev–Trinajstić information content (AvgIpc) is 2.71. The van der Waals surface area contributed by atoms with Gasteiger partial charge in [-0.15, -0.1) is 0 Å². The quantitative estimate of drug-likeness (QED) is 0.779. The normalized spacial score (nSPS) is 13.3. The molecule has 1 N–H and O–H groups in total. The first-order valence-corrected chi connectivity index (χ1v) is 5.75. The summed E-state index contributed by atoms with van der Waals surface area (Å²) in [6, 6.07) is 10.9. The second-order valence-corrected chi connectivity index (χ2v) is 4.45. The zero-order valence-electron chi connectivity index (χ0n) is 9.93. The molecule has 0 saturated carbocycles. The minimum atomic E-state index is -0.251. The SMILES string of the molecule is Cc1cc(O)ccc1-c1ccc2c(c1)COC2=O. The number of rotatable bonds is 1. The van der Waals surface area contributed by atoms with Crippen molar-refractivity contribution in [1.29, 1.82) is 0 Å². The highest BCUT2D eigenvalue weighted by molar-refractivity contribution is 5.94. The fourth-order valence-corrected chi connectivity index (χ4v) is 2.27. The van der Waals surface area contributed by atoms with Gasteiger partial charge in [0, 0.05) is 5.56 Å². The van der Waals surface area contributed by atoms with Crippen LogP contribution in [0.5, 0.6) is 5.75 Å². The van der Waals surface area contributed by atoms with Crippen LogP contribution < -0.4 is 0 Å². The predicted octanol–water partition coefficient (Wildman–Crippen LogP) is 3.04. The monoisotopic (exact) mass is 240 g/mol. The molecule has 0 saturated heterocycles. The number of carbonyl (C=O) groups is 1. The lowest BCUT2D eigenvalue weighted by Gasteiger charge is -2.07. The Balaban J connectivity index is 2.10. The molecule has 0 aliphatic carbocycles. The van der Waals surface area contributed by atoms with Crippen molar-refractivity contribution in [3.8, 4) is 16.9 Å². The molecule has 90 valence electrons. The molecule has 0 atom stereocenters. The lowest BCUT2D eigenvalue weighted by Crippen LogP contribution is -1.93. The van der Waals surface area contributed by atoms with Gasteiger partial charge in [0.15, 0.2) is 0 Å². The van der Waals surface area contributed by atoms with Crippen molar-refractivity contribution >= 4 is 5.97 Å². The van der Waals surface area contributed by atoms with Crippen molar-refractivity contribution < 1.29 is 14.6 Å². The van der Waals surface area contributed by atoms with E-state index in [0.29, 0.717) is 12.2 Å². The number of phenolic OH excluding ortho intramolecular Hbond substituents is 1. The number of esters is 1. The highest BCUT2D eigenvalue weighted by Crippen LogP contribution is 2.30. The van der Waals surface area contributed by atoms with E-state index in [1.54, 1.807) is 18.2 Å². The molecule has 18 heavy (non-hydrogen) atoms. The third-order valence-electron chi connectivity index (χ3n) is 3.20. The molecule has 0 radical (unpaired) electrons. The van der Waals surface area contributed by atoms with E-state index < -0.39 is 0 Å². The van der Waals surface area contributed by atoms with E-state index in [-0.39, 0.29) is 11.7 Å². The van der Waals surface area contributed by atoms with Gasteiger partial charge < -0.3 is 9.84 Å². The number of cyclic esters (lactones) is 1. The summed E-state index contributed by atoms with van der Waals surface area (Å²) < 4.78 is 4.98. The number of hydrogen-bond acceptors (Lipinski definition) is 3. The second-order valence-electron chi connectivity index (χ2n) is 4.45. The van der Waals surface area contributed by atoms with Crippen molar-refractivity contribution in [3.63, 3.8) is 0 Å². The Morgan fingerprint density at radius 3 is 2.67 bits per heavy atom. The Kier molecular flexibility index (Phi) is 2.33. The number of carbonyl (C=O) groups excluding carboxylic acids is 1. The Hall–Kier alpha value is -2.29. The molecule has 3 heteroatoms. The number of aromatic hydroxyl groups is 1. The maximum absolute atomic E-state index is 11.4. The third-order valence-corrected chi connectivity index (χ3v) is 3.20. The molecule has 1 aliphatic heterocycles. The highest BCUT2D eigenvalue weighted by atomic mass is 16.5. The van der Waals surface area contributed by atoms with E-state index in [1.165, 1.54) is 0 Å². The molecule has 0 aromatic heterocycles. The Bertz CT molecular complexity index is 644. The highest BCUT2D eigenvalue weighted by Gasteiger charge is 2.21. The van der Waals surface area contributed by atoms with Gasteiger partial charge >= 0.3 is 5.97 Å². The lowest BCUT2D eigenvalue weighted by molar-refractivity contribution is 0.0535. The molecule has 2 aromatic carbocycles. The molecular formula is C15H12O3. The summed E-state index contributed by atoms with van der Waals surface area (Å²) >= 11 is 0. The van der Waals surface area contributed by atoms with Gasteiger partial charge in [-0.1, -0.05) is 12.1 Å². The van der Waals surface area contributed by atoms with E-state index >= 15 is 0 Å². The largest absolute Gasteiger partial charge is 0.508 e. The fraction of sp³-hybridized carbons (Fsp3) is 0.133. The molecule has 0 amide bonds. The summed E-state index contributed by atoms with van der Waals surface area (Å²) in [5.74, 6) is 0.00917. The molecular weight excluding hydrogens is 228 g/mol. The van der Waals surface area contributed by atoms with Crippen LogP contribution in [0.15, 0.2) is 36.4 Å². The first kappa shape index (κ1) is 10.8. The maximum atomic E-state index is 11.4. The number of hydrogen-bond donors (Lipinski definition) is 1. The van der Waals surface area contributed by atoms with Crippen LogP contribution in [-0.2, 0) is 11.3 Å². The summed E-state index contributed by atoms with van der Waals surface area (Å²) in [6.45, 7) is 2.29. The number of ether oxygens (including phenoxy) is 1. The second kappa shape index (κ2) is 3.88. The molecule has 3 nitrogen and oxygen atoms in total. The Labute approximate surface area is 105 Å². The summed E-state index contributed by atoms with van der Waals surface area (Å²) in [5, 5.41) is 9.41. The molecule has 2 aromatic rings. The standard InChI is InChI=1S/C15H12O3/c1-9-6-12(16)3-5-13(9)10-2-4-14-11(7-10)8-18-15(14)17/h2-7,16H,8H2,1H3. The molecule has 1 aliphatic rings. The van der Waals surface area contributed by atoms with Gasteiger partial charge in [-0.25, -0.2) is 4.79 Å². The molecule has 0 unspecified atom stereocenters. The van der Waals surface area contributed by atoms with Crippen LogP contribution in [0.3, 0.4) is 0 Å². The minimum absolute atomic E-state index is 0.251. The van der Waals surface area contributed by atoms with Crippen LogP contribution >= 0.6 is 0 Å². The molecule has 0 bridgehead atoms. The molecule has 3 rings (SSSR count). The van der Waals surface area contributed by atoms with Crippen molar-refractivity contribution in [2.45, 2.75) is 13.5 Å². The average molecular weight is 240 g/mol.